The van der Waals surface area contributed by atoms with E-state index in [0.29, 0.717) is 29.9 Å². The molecule has 0 aliphatic carbocycles. The molecule has 0 atom stereocenters. The van der Waals surface area contributed by atoms with Crippen molar-refractivity contribution in [2.24, 2.45) is 0 Å². The van der Waals surface area contributed by atoms with E-state index in [-0.39, 0.29) is 0 Å². The Morgan fingerprint density at radius 2 is 2.13 bits per heavy atom. The zero-order chi connectivity index (χ0) is 10.7. The highest BCUT2D eigenvalue weighted by atomic mass is 16.5. The van der Waals surface area contributed by atoms with Crippen LogP contribution in [0.2, 0.25) is 0 Å². The van der Waals surface area contributed by atoms with Crippen molar-refractivity contribution in [2.45, 2.75) is 13.5 Å². The van der Waals surface area contributed by atoms with Crippen molar-refractivity contribution in [3.05, 3.63) is 24.1 Å². The van der Waals surface area contributed by atoms with Crippen LogP contribution in [0.4, 0.5) is 11.6 Å². The van der Waals surface area contributed by atoms with E-state index in [1.165, 1.54) is 12.4 Å². The van der Waals surface area contributed by atoms with Crippen LogP contribution in [-0.4, -0.2) is 20.1 Å². The summed E-state index contributed by atoms with van der Waals surface area (Å²) in [5, 5.41) is 6.58. The zero-order valence-corrected chi connectivity index (χ0v) is 8.14. The van der Waals surface area contributed by atoms with E-state index in [4.69, 9.17) is 10.3 Å². The molecule has 15 heavy (non-hydrogen) atoms. The fourth-order valence-corrected chi connectivity index (χ4v) is 0.996. The highest BCUT2D eigenvalue weighted by molar-refractivity contribution is 5.35. The number of aryl methyl sites for hydroxylation is 1. The van der Waals surface area contributed by atoms with Gasteiger partial charge in [0.05, 0.1) is 24.6 Å². The van der Waals surface area contributed by atoms with E-state index in [2.05, 4.69) is 25.4 Å². The number of anilines is 2. The topological polar surface area (TPSA) is 103 Å². The average molecular weight is 206 g/mol. The van der Waals surface area contributed by atoms with Gasteiger partial charge in [-0.05, 0) is 6.92 Å². The molecule has 2 aromatic heterocycles. The lowest BCUT2D eigenvalue weighted by Gasteiger charge is -2.00. The Hall–Kier alpha value is -2.18. The Morgan fingerprint density at radius 1 is 1.40 bits per heavy atom. The zero-order valence-electron chi connectivity index (χ0n) is 8.14. The van der Waals surface area contributed by atoms with Gasteiger partial charge in [-0.3, -0.25) is 0 Å². The molecule has 0 spiro atoms. The van der Waals surface area contributed by atoms with Crippen molar-refractivity contribution in [3.63, 3.8) is 0 Å². The molecule has 0 unspecified atom stereocenters. The van der Waals surface area contributed by atoms with Gasteiger partial charge in [0.1, 0.15) is 0 Å². The number of nitrogens with zero attached hydrogens (tertiary/aromatic N) is 4. The fraction of sp³-hybridized carbons (Fsp3) is 0.250. The second-order valence-electron chi connectivity index (χ2n) is 2.93. The van der Waals surface area contributed by atoms with Crippen LogP contribution in [-0.2, 0) is 6.54 Å². The quantitative estimate of drug-likeness (QED) is 0.747. The van der Waals surface area contributed by atoms with Crippen molar-refractivity contribution in [2.75, 3.05) is 11.1 Å². The lowest BCUT2D eigenvalue weighted by atomic mass is 10.5. The second kappa shape index (κ2) is 3.91. The lowest BCUT2D eigenvalue weighted by Crippen LogP contribution is -2.04. The van der Waals surface area contributed by atoms with Crippen molar-refractivity contribution in [1.29, 1.82) is 0 Å². The van der Waals surface area contributed by atoms with Crippen LogP contribution in [0.1, 0.15) is 11.7 Å². The third-order valence-corrected chi connectivity index (χ3v) is 1.64. The van der Waals surface area contributed by atoms with E-state index < -0.39 is 0 Å². The standard InChI is InChI=1S/C8H10N6O/c1-5-13-7(15-14-5)4-12-8-10-2-6(9)3-11-8/h2-3H,4,9H2,1H3,(H,10,11,12). The second-order valence-corrected chi connectivity index (χ2v) is 2.93. The maximum Gasteiger partial charge on any atom is 0.246 e. The molecule has 78 valence electrons. The molecule has 0 radical (unpaired) electrons. The van der Waals surface area contributed by atoms with E-state index in [1.807, 2.05) is 0 Å². The SMILES string of the molecule is Cc1noc(CNc2ncc(N)cn2)n1. The van der Waals surface area contributed by atoms with Crippen molar-refractivity contribution in [1.82, 2.24) is 20.1 Å². The molecule has 3 N–H and O–H groups in total. The first kappa shape index (κ1) is 9.38. The van der Waals surface area contributed by atoms with Gasteiger partial charge in [-0.1, -0.05) is 5.16 Å². The third-order valence-electron chi connectivity index (χ3n) is 1.64. The van der Waals surface area contributed by atoms with Gasteiger partial charge < -0.3 is 15.6 Å². The molecule has 0 aromatic carbocycles. The Bertz CT molecular complexity index is 437. The Balaban J connectivity index is 1.96. The van der Waals surface area contributed by atoms with Gasteiger partial charge >= 0.3 is 0 Å². The molecule has 0 fully saturated rings. The summed E-state index contributed by atoms with van der Waals surface area (Å²) in [6.45, 7) is 2.15. The Kier molecular flexibility index (Phi) is 2.44. The van der Waals surface area contributed by atoms with Crippen molar-refractivity contribution < 1.29 is 4.52 Å². The lowest BCUT2D eigenvalue weighted by molar-refractivity contribution is 0.379. The Morgan fingerprint density at radius 3 is 2.73 bits per heavy atom. The van der Waals surface area contributed by atoms with Gasteiger partial charge in [0.15, 0.2) is 5.82 Å². The monoisotopic (exact) mass is 206 g/mol. The maximum absolute atomic E-state index is 5.44. The van der Waals surface area contributed by atoms with E-state index in [0.717, 1.165) is 0 Å². The highest BCUT2D eigenvalue weighted by Gasteiger charge is 2.02. The van der Waals surface area contributed by atoms with Crippen LogP contribution >= 0.6 is 0 Å². The number of hydrogen-bond donors (Lipinski definition) is 2. The predicted octanol–water partition coefficient (Wildman–Crippen LogP) is 0.362. The van der Waals surface area contributed by atoms with Gasteiger partial charge in [0, 0.05) is 0 Å². The first-order valence-electron chi connectivity index (χ1n) is 4.34. The van der Waals surface area contributed by atoms with E-state index >= 15 is 0 Å². The molecule has 2 rings (SSSR count). The van der Waals surface area contributed by atoms with Crippen LogP contribution in [0.25, 0.3) is 0 Å². The molecule has 0 saturated heterocycles. The molecule has 7 nitrogen and oxygen atoms in total. The summed E-state index contributed by atoms with van der Waals surface area (Å²) in [5.41, 5.74) is 5.97. The van der Waals surface area contributed by atoms with Crippen LogP contribution in [0.5, 0.6) is 0 Å². The highest BCUT2D eigenvalue weighted by Crippen LogP contribution is 2.03. The molecule has 0 aliphatic heterocycles. The van der Waals surface area contributed by atoms with E-state index in [9.17, 15) is 0 Å². The van der Waals surface area contributed by atoms with Gasteiger partial charge in [0.25, 0.3) is 0 Å². The number of nitrogen functional groups attached to an aromatic ring is 1. The van der Waals surface area contributed by atoms with Crippen molar-refractivity contribution >= 4 is 11.6 Å². The summed E-state index contributed by atoms with van der Waals surface area (Å²) in [6, 6.07) is 0. The van der Waals surface area contributed by atoms with Gasteiger partial charge in [-0.25, -0.2) is 9.97 Å². The average Bonchev–Trinajstić information content (AvgIpc) is 2.64. The van der Waals surface area contributed by atoms with Crippen LogP contribution in [0.3, 0.4) is 0 Å². The molecule has 0 amide bonds. The summed E-state index contributed by atoms with van der Waals surface area (Å²) in [6.07, 6.45) is 3.04. The molecule has 0 bridgehead atoms. The normalized spacial score (nSPS) is 10.2. The number of nitrogens with one attached hydrogen (secondary N) is 1. The number of nitrogens with two attached hydrogens (primary N) is 1. The molecular formula is C8H10N6O. The molecular weight excluding hydrogens is 196 g/mol. The number of hydrogen-bond acceptors (Lipinski definition) is 7. The first-order chi connectivity index (χ1) is 7.24. The summed E-state index contributed by atoms with van der Waals surface area (Å²) in [4.78, 5) is 11.9. The minimum atomic E-state index is 0.394. The minimum Gasteiger partial charge on any atom is -0.396 e. The van der Waals surface area contributed by atoms with Crippen LogP contribution in [0, 0.1) is 6.92 Å². The van der Waals surface area contributed by atoms with E-state index in [1.54, 1.807) is 6.92 Å². The summed E-state index contributed by atoms with van der Waals surface area (Å²) in [7, 11) is 0. The largest absolute Gasteiger partial charge is 0.396 e. The van der Waals surface area contributed by atoms with Gasteiger partial charge in [-0.15, -0.1) is 0 Å². The van der Waals surface area contributed by atoms with Crippen LogP contribution in [0.15, 0.2) is 16.9 Å². The summed E-state index contributed by atoms with van der Waals surface area (Å²) in [5.74, 6) is 1.57. The molecule has 2 aromatic rings. The molecule has 2 heterocycles. The summed E-state index contributed by atoms with van der Waals surface area (Å²) < 4.78 is 4.91. The third kappa shape index (κ3) is 2.39. The number of aromatic nitrogens is 4. The minimum absolute atomic E-state index is 0.394. The van der Waals surface area contributed by atoms with Gasteiger partial charge in [-0.2, -0.15) is 4.98 Å². The molecule has 0 saturated carbocycles. The fourth-order valence-electron chi connectivity index (χ4n) is 0.996. The number of rotatable bonds is 3. The smallest absolute Gasteiger partial charge is 0.246 e. The first-order valence-corrected chi connectivity index (χ1v) is 4.34. The molecule has 7 heteroatoms. The maximum atomic E-state index is 5.44. The van der Waals surface area contributed by atoms with Crippen LogP contribution < -0.4 is 11.1 Å². The predicted molar refractivity (Wildman–Crippen MR) is 52.8 cm³/mol. The molecule has 0 aliphatic rings. The van der Waals surface area contributed by atoms with Gasteiger partial charge in [0.2, 0.25) is 11.8 Å². The van der Waals surface area contributed by atoms with Crippen molar-refractivity contribution in [3.8, 4) is 0 Å². The summed E-state index contributed by atoms with van der Waals surface area (Å²) >= 11 is 0. The Labute approximate surface area is 85.7 Å².